The summed E-state index contributed by atoms with van der Waals surface area (Å²) in [5.74, 6) is 1.000. The zero-order valence-electron chi connectivity index (χ0n) is 29.9. The van der Waals surface area contributed by atoms with E-state index in [1.54, 1.807) is 6.08 Å². The summed E-state index contributed by atoms with van der Waals surface area (Å²) in [5.41, 5.74) is 6.53. The van der Waals surface area contributed by atoms with Crippen LogP contribution in [-0.4, -0.2) is 0 Å². The van der Waals surface area contributed by atoms with Crippen LogP contribution >= 0.6 is 0 Å². The summed E-state index contributed by atoms with van der Waals surface area (Å²) in [4.78, 5) is 0. The molecule has 0 N–H and O–H groups in total. The van der Waals surface area contributed by atoms with Crippen molar-refractivity contribution in [2.24, 2.45) is 5.92 Å². The molecule has 38 heavy (non-hydrogen) atoms. The smallest absolute Gasteiger partial charge is 0.00724 e. The second-order valence-corrected chi connectivity index (χ2v) is 7.82. The molecule has 0 aliphatic carbocycles. The van der Waals surface area contributed by atoms with Crippen molar-refractivity contribution in [2.75, 3.05) is 0 Å². The summed E-state index contributed by atoms with van der Waals surface area (Å²) in [6, 6.07) is 6.64. The monoisotopic (exact) mass is 533 g/mol. The van der Waals surface area contributed by atoms with Crippen LogP contribution in [0.2, 0.25) is 0 Å². The fraction of sp³-hybridized carbons (Fsp3) is 0.632. The van der Waals surface area contributed by atoms with Crippen LogP contribution in [0.15, 0.2) is 55.2 Å². The number of aryl methyl sites for hydroxylation is 2. The maximum absolute atomic E-state index is 4.00. The van der Waals surface area contributed by atoms with Gasteiger partial charge in [-0.25, -0.2) is 0 Å². The van der Waals surface area contributed by atoms with E-state index in [9.17, 15) is 0 Å². The van der Waals surface area contributed by atoms with Gasteiger partial charge in [0.15, 0.2) is 0 Å². The Labute approximate surface area is 246 Å². The Balaban J connectivity index is -0.0000000506. The zero-order chi connectivity index (χ0) is 32.5. The van der Waals surface area contributed by atoms with Gasteiger partial charge in [-0.05, 0) is 58.9 Å². The summed E-state index contributed by atoms with van der Waals surface area (Å²) >= 11 is 0. The van der Waals surface area contributed by atoms with Gasteiger partial charge in [-0.3, -0.25) is 0 Å². The number of hydrogen-bond acceptors (Lipinski definition) is 0. The fourth-order valence-electron chi connectivity index (χ4n) is 2.62. The molecule has 0 aliphatic rings. The highest BCUT2D eigenvalue weighted by Gasteiger charge is 1.98. The minimum atomic E-state index is 1.000. The molecule has 0 spiro atoms. The van der Waals surface area contributed by atoms with Crippen molar-refractivity contribution in [1.29, 1.82) is 0 Å². The third-order valence-corrected chi connectivity index (χ3v) is 4.24. The van der Waals surface area contributed by atoms with E-state index in [1.807, 2.05) is 69.2 Å². The van der Waals surface area contributed by atoms with Gasteiger partial charge in [0.05, 0.1) is 0 Å². The Morgan fingerprint density at radius 2 is 1.03 bits per heavy atom. The maximum Gasteiger partial charge on any atom is -0.00724 e. The Kier molecular flexibility index (Phi) is 88.6. The highest BCUT2D eigenvalue weighted by atomic mass is 14.0. The quantitative estimate of drug-likeness (QED) is 0.242. The first-order valence-corrected chi connectivity index (χ1v) is 15.4. The van der Waals surface area contributed by atoms with Gasteiger partial charge >= 0.3 is 0 Å². The van der Waals surface area contributed by atoms with Gasteiger partial charge in [-0.1, -0.05) is 162 Å². The highest BCUT2D eigenvalue weighted by Crippen LogP contribution is 2.13. The van der Waals surface area contributed by atoms with Gasteiger partial charge in [0.25, 0.3) is 0 Å². The van der Waals surface area contributed by atoms with Crippen molar-refractivity contribution in [1.82, 2.24) is 0 Å². The average Bonchev–Trinajstić information content (AvgIpc) is 2.93. The Morgan fingerprint density at radius 3 is 1.18 bits per heavy atom. The highest BCUT2D eigenvalue weighted by molar-refractivity contribution is 5.30. The first-order chi connectivity index (χ1) is 18.1. The Hall–Kier alpha value is -2.00. The van der Waals surface area contributed by atoms with E-state index in [1.165, 1.54) is 53.5 Å². The normalized spacial score (nSPS) is 7.37. The van der Waals surface area contributed by atoms with Crippen molar-refractivity contribution in [3.05, 3.63) is 71.8 Å². The molecular formula is C38H76. The summed E-state index contributed by atoms with van der Waals surface area (Å²) in [5, 5.41) is 0. The predicted octanol–water partition coefficient (Wildman–Crippen LogP) is 14.2. The van der Waals surface area contributed by atoms with E-state index in [0.29, 0.717) is 0 Å². The fourth-order valence-corrected chi connectivity index (χ4v) is 2.62. The molecule has 0 fully saturated rings. The van der Waals surface area contributed by atoms with Crippen LogP contribution in [0.4, 0.5) is 0 Å². The largest absolute Gasteiger partial charge is 0.124 e. The SMILES string of the molecule is C#C.C=C(C)CC.C=C(C)Cc1cc(C)cc(C)c1.C=CC.CC.CC.CC.CC.CCCC(CC)CC. The summed E-state index contributed by atoms with van der Waals surface area (Å²) < 4.78 is 0. The number of rotatable bonds is 7. The third-order valence-electron chi connectivity index (χ3n) is 4.24. The third kappa shape index (κ3) is 70.0. The maximum atomic E-state index is 4.00. The molecule has 0 heteroatoms. The predicted molar refractivity (Wildman–Crippen MR) is 190 cm³/mol. The van der Waals surface area contributed by atoms with Gasteiger partial charge in [-0.2, -0.15) is 0 Å². The molecule has 228 valence electrons. The molecule has 0 bridgehead atoms. The Morgan fingerprint density at radius 1 is 0.737 bits per heavy atom. The van der Waals surface area contributed by atoms with E-state index in [-0.39, 0.29) is 0 Å². The Bertz CT molecular complexity index is 532. The van der Waals surface area contributed by atoms with Crippen LogP contribution in [0, 0.1) is 32.6 Å². The first-order valence-electron chi connectivity index (χ1n) is 15.4. The molecule has 0 aromatic heterocycles. The van der Waals surface area contributed by atoms with Gasteiger partial charge in [-0.15, -0.1) is 26.0 Å². The molecule has 1 aromatic rings. The van der Waals surface area contributed by atoms with E-state index >= 15 is 0 Å². The lowest BCUT2D eigenvalue weighted by Crippen LogP contribution is -1.94. The summed E-state index contributed by atoms with van der Waals surface area (Å²) in [6.45, 7) is 46.1. The van der Waals surface area contributed by atoms with Crippen molar-refractivity contribution in [3.63, 3.8) is 0 Å². The molecule has 1 aromatic carbocycles. The van der Waals surface area contributed by atoms with Crippen LogP contribution in [0.5, 0.6) is 0 Å². The second kappa shape index (κ2) is 59.9. The van der Waals surface area contributed by atoms with E-state index in [2.05, 4.69) is 99.2 Å². The number of hydrogen-bond donors (Lipinski definition) is 0. The minimum Gasteiger partial charge on any atom is -0.124 e. The van der Waals surface area contributed by atoms with Crippen LogP contribution in [0.25, 0.3) is 0 Å². The number of allylic oxidation sites excluding steroid dienone is 3. The van der Waals surface area contributed by atoms with Crippen LogP contribution in [-0.2, 0) is 6.42 Å². The van der Waals surface area contributed by atoms with Crippen molar-refractivity contribution in [2.45, 2.75) is 156 Å². The van der Waals surface area contributed by atoms with Gasteiger partial charge in [0.1, 0.15) is 0 Å². The molecular weight excluding hydrogens is 456 g/mol. The molecule has 0 heterocycles. The van der Waals surface area contributed by atoms with Crippen LogP contribution < -0.4 is 0 Å². The van der Waals surface area contributed by atoms with Crippen molar-refractivity contribution >= 4 is 0 Å². The first kappa shape index (κ1) is 56.2. The molecule has 0 atom stereocenters. The lowest BCUT2D eigenvalue weighted by atomic mass is 9.98. The molecule has 0 saturated heterocycles. The van der Waals surface area contributed by atoms with Crippen molar-refractivity contribution < 1.29 is 0 Å². The van der Waals surface area contributed by atoms with E-state index in [4.69, 9.17) is 0 Å². The van der Waals surface area contributed by atoms with E-state index < -0.39 is 0 Å². The topological polar surface area (TPSA) is 0 Å². The van der Waals surface area contributed by atoms with Crippen LogP contribution in [0.3, 0.4) is 0 Å². The van der Waals surface area contributed by atoms with Gasteiger partial charge in [0.2, 0.25) is 0 Å². The van der Waals surface area contributed by atoms with Gasteiger partial charge < -0.3 is 0 Å². The number of terminal acetylenes is 1. The molecule has 0 saturated carbocycles. The van der Waals surface area contributed by atoms with Crippen LogP contribution in [0.1, 0.15) is 153 Å². The molecule has 1 rings (SSSR count). The standard InChI is InChI=1S/C12H16.C8H18.C5H10.C3H6.4C2H6.C2H2/c1-9(2)5-12-7-10(3)6-11(4)8-12;1-4-7-8(5-2)6-3;1-4-5(2)3;1-3-2;5*1-2/h6-8H,1,5H2,2-4H3;8H,4-7H2,1-3H3;2,4H2,1,3H3;3H,1H2,2H3;4*1-2H3;1-2H. The summed E-state index contributed by atoms with van der Waals surface area (Å²) in [6.07, 6.45) is 17.4. The van der Waals surface area contributed by atoms with Crippen molar-refractivity contribution in [3.8, 4) is 12.8 Å². The molecule has 0 nitrogen and oxygen atoms in total. The number of benzene rings is 1. The molecule has 0 amide bonds. The molecule has 0 radical (unpaired) electrons. The lowest BCUT2D eigenvalue weighted by molar-refractivity contribution is 0.451. The second-order valence-electron chi connectivity index (χ2n) is 7.82. The lowest BCUT2D eigenvalue weighted by Gasteiger charge is -2.08. The minimum absolute atomic E-state index is 1.000. The molecule has 0 unspecified atom stereocenters. The average molecular weight is 533 g/mol. The van der Waals surface area contributed by atoms with Gasteiger partial charge in [0, 0.05) is 0 Å². The zero-order valence-corrected chi connectivity index (χ0v) is 29.9. The molecule has 0 aliphatic heterocycles. The van der Waals surface area contributed by atoms with E-state index in [0.717, 1.165) is 18.8 Å². The summed E-state index contributed by atoms with van der Waals surface area (Å²) in [7, 11) is 0.